The molecule has 0 radical (unpaired) electrons. The molecule has 2 aliphatic heterocycles. The van der Waals surface area contributed by atoms with E-state index in [9.17, 15) is 9.59 Å². The number of piperazine rings is 1. The van der Waals surface area contributed by atoms with E-state index in [1.54, 1.807) is 28.0 Å². The molecular weight excluding hydrogens is 539 g/mol. The zero-order valence-electron chi connectivity index (χ0n) is 22.8. The van der Waals surface area contributed by atoms with Gasteiger partial charge in [0.15, 0.2) is 0 Å². The topological polar surface area (TPSA) is 61.7 Å². The van der Waals surface area contributed by atoms with Crippen molar-refractivity contribution < 1.29 is 9.59 Å². The van der Waals surface area contributed by atoms with Crippen molar-refractivity contribution >= 4 is 40.7 Å². The van der Waals surface area contributed by atoms with Crippen molar-refractivity contribution in [1.82, 2.24) is 19.6 Å². The van der Waals surface area contributed by atoms with E-state index in [2.05, 4.69) is 60.5 Å². The number of nitrogens with zero attached hydrogens (tertiary/aromatic N) is 5. The highest BCUT2D eigenvalue weighted by Crippen LogP contribution is 2.49. The number of likely N-dealkylation sites (N-methyl/N-ethyl adjacent to an activating group) is 1. The SMILES string of the molecule is CCN1CCN(C(=O)CN2C(=O)CSC(c3cccs3)c3c(-c4ccccc4)nn(-c4cccc(C)c4)c32)CC1. The smallest absolute Gasteiger partial charge is 0.242 e. The molecule has 0 spiro atoms. The molecule has 1 saturated heterocycles. The number of aromatic nitrogens is 2. The Balaban J connectivity index is 1.52. The Labute approximate surface area is 243 Å². The number of benzene rings is 2. The molecule has 0 saturated carbocycles. The Morgan fingerprint density at radius 1 is 1.00 bits per heavy atom. The van der Waals surface area contributed by atoms with E-state index < -0.39 is 0 Å². The fourth-order valence-electron chi connectivity index (χ4n) is 5.48. The van der Waals surface area contributed by atoms with E-state index in [1.807, 2.05) is 39.9 Å². The largest absolute Gasteiger partial charge is 0.339 e. The lowest BCUT2D eigenvalue weighted by Gasteiger charge is -2.35. The summed E-state index contributed by atoms with van der Waals surface area (Å²) < 4.78 is 1.89. The van der Waals surface area contributed by atoms with Crippen molar-refractivity contribution in [2.24, 2.45) is 0 Å². The highest BCUT2D eigenvalue weighted by atomic mass is 32.2. The van der Waals surface area contributed by atoms with Gasteiger partial charge in [-0.05, 0) is 42.6 Å². The maximum atomic E-state index is 13.9. The Kier molecular flexibility index (Phi) is 7.78. The molecule has 2 aliphatic rings. The predicted octanol–water partition coefficient (Wildman–Crippen LogP) is 5.24. The van der Waals surface area contributed by atoms with E-state index in [1.165, 1.54) is 4.88 Å². The first-order valence-corrected chi connectivity index (χ1v) is 15.7. The van der Waals surface area contributed by atoms with Crippen LogP contribution in [0.3, 0.4) is 0 Å². The fourth-order valence-corrected chi connectivity index (χ4v) is 7.66. The third kappa shape index (κ3) is 5.21. The summed E-state index contributed by atoms with van der Waals surface area (Å²) in [7, 11) is 0. The molecule has 4 aromatic rings. The molecule has 6 rings (SSSR count). The quantitative estimate of drug-likeness (QED) is 0.317. The summed E-state index contributed by atoms with van der Waals surface area (Å²) in [5.74, 6) is 0.890. The van der Waals surface area contributed by atoms with Crippen LogP contribution < -0.4 is 4.90 Å². The van der Waals surface area contributed by atoms with Crippen LogP contribution in [0.4, 0.5) is 5.82 Å². The summed E-state index contributed by atoms with van der Waals surface area (Å²) in [5, 5.41) is 7.18. The van der Waals surface area contributed by atoms with Crippen LogP contribution in [0.15, 0.2) is 72.1 Å². The molecule has 2 amide bonds. The fraction of sp³-hybridized carbons (Fsp3) is 0.323. The van der Waals surface area contributed by atoms with Crippen molar-refractivity contribution in [3.8, 4) is 16.9 Å². The van der Waals surface area contributed by atoms with Crippen LogP contribution in [-0.4, -0.2) is 76.4 Å². The third-order valence-corrected chi connectivity index (χ3v) is 9.97. The van der Waals surface area contributed by atoms with Gasteiger partial charge in [-0.15, -0.1) is 23.1 Å². The molecule has 1 fully saturated rings. The molecule has 0 aliphatic carbocycles. The van der Waals surface area contributed by atoms with Gasteiger partial charge in [-0.1, -0.05) is 55.5 Å². The second kappa shape index (κ2) is 11.6. The summed E-state index contributed by atoms with van der Waals surface area (Å²) >= 11 is 3.30. The van der Waals surface area contributed by atoms with Crippen LogP contribution in [0, 0.1) is 6.92 Å². The van der Waals surface area contributed by atoms with Crippen molar-refractivity contribution in [2.75, 3.05) is 49.9 Å². The van der Waals surface area contributed by atoms with Crippen LogP contribution in [0.1, 0.15) is 28.2 Å². The maximum absolute atomic E-state index is 13.9. The number of carbonyl (C=O) groups excluding carboxylic acids is 2. The zero-order valence-corrected chi connectivity index (χ0v) is 24.5. The minimum absolute atomic E-state index is 0.00141. The average molecular weight is 572 g/mol. The van der Waals surface area contributed by atoms with E-state index in [-0.39, 0.29) is 29.4 Å². The Hall–Kier alpha value is -3.40. The Bertz CT molecular complexity index is 1490. The lowest BCUT2D eigenvalue weighted by atomic mass is 10.0. The Morgan fingerprint density at radius 2 is 1.80 bits per heavy atom. The highest BCUT2D eigenvalue weighted by Gasteiger charge is 2.38. The predicted molar refractivity (Wildman–Crippen MR) is 163 cm³/mol. The molecule has 1 unspecified atom stereocenters. The van der Waals surface area contributed by atoms with E-state index >= 15 is 0 Å². The van der Waals surface area contributed by atoms with Gasteiger partial charge in [0, 0.05) is 42.2 Å². The normalized spacial score (nSPS) is 18.1. The first-order valence-electron chi connectivity index (χ1n) is 13.7. The molecule has 2 aromatic carbocycles. The first-order chi connectivity index (χ1) is 19.5. The van der Waals surface area contributed by atoms with Crippen molar-refractivity contribution in [2.45, 2.75) is 19.1 Å². The summed E-state index contributed by atoms with van der Waals surface area (Å²) in [6, 6.07) is 22.5. The number of thiophene rings is 1. The first kappa shape index (κ1) is 26.8. The van der Waals surface area contributed by atoms with Crippen LogP contribution >= 0.6 is 23.1 Å². The average Bonchev–Trinajstić information content (AvgIpc) is 3.63. The second-order valence-corrected chi connectivity index (χ2v) is 12.3. The summed E-state index contributed by atoms with van der Waals surface area (Å²) in [5.41, 5.74) is 4.78. The number of carbonyl (C=O) groups is 2. The number of hydrogen-bond donors (Lipinski definition) is 0. The molecule has 1 atom stereocenters. The van der Waals surface area contributed by atoms with Gasteiger partial charge >= 0.3 is 0 Å². The number of rotatable bonds is 6. The van der Waals surface area contributed by atoms with Gasteiger partial charge in [-0.2, -0.15) is 5.10 Å². The van der Waals surface area contributed by atoms with Crippen molar-refractivity contribution in [3.63, 3.8) is 0 Å². The third-order valence-electron chi connectivity index (χ3n) is 7.65. The number of hydrogen-bond acceptors (Lipinski definition) is 6. The summed E-state index contributed by atoms with van der Waals surface area (Å²) in [6.45, 7) is 8.26. The van der Waals surface area contributed by atoms with Gasteiger partial charge in [-0.25, -0.2) is 4.68 Å². The van der Waals surface area contributed by atoms with Crippen molar-refractivity contribution in [3.05, 3.63) is 88.1 Å². The number of amides is 2. The van der Waals surface area contributed by atoms with Crippen LogP contribution in [0.25, 0.3) is 16.9 Å². The van der Waals surface area contributed by atoms with Gasteiger partial charge in [0.2, 0.25) is 11.8 Å². The molecule has 0 N–H and O–H groups in total. The molecule has 9 heteroatoms. The van der Waals surface area contributed by atoms with Gasteiger partial charge in [0.1, 0.15) is 12.4 Å². The minimum Gasteiger partial charge on any atom is -0.339 e. The lowest BCUT2D eigenvalue weighted by Crippen LogP contribution is -2.52. The van der Waals surface area contributed by atoms with E-state index in [0.717, 1.165) is 47.7 Å². The number of thioether (sulfide) groups is 1. The van der Waals surface area contributed by atoms with Gasteiger partial charge in [0.05, 0.1) is 22.4 Å². The maximum Gasteiger partial charge on any atom is 0.242 e. The Morgan fingerprint density at radius 3 is 2.50 bits per heavy atom. The molecule has 40 heavy (non-hydrogen) atoms. The number of anilines is 1. The van der Waals surface area contributed by atoms with Gasteiger partial charge in [0.25, 0.3) is 0 Å². The zero-order chi connectivity index (χ0) is 27.6. The number of aryl methyl sites for hydroxylation is 1. The summed E-state index contributed by atoms with van der Waals surface area (Å²) in [6.07, 6.45) is 0. The highest BCUT2D eigenvalue weighted by molar-refractivity contribution is 8.00. The van der Waals surface area contributed by atoms with Crippen LogP contribution in [0.5, 0.6) is 0 Å². The van der Waals surface area contributed by atoms with Gasteiger partial charge < -0.3 is 9.80 Å². The monoisotopic (exact) mass is 571 g/mol. The molecular formula is C31H33N5O2S2. The molecule has 2 aromatic heterocycles. The van der Waals surface area contributed by atoms with E-state index in [4.69, 9.17) is 5.10 Å². The molecule has 7 nitrogen and oxygen atoms in total. The summed E-state index contributed by atoms with van der Waals surface area (Å²) in [4.78, 5) is 34.7. The van der Waals surface area contributed by atoms with Crippen LogP contribution in [0.2, 0.25) is 0 Å². The van der Waals surface area contributed by atoms with E-state index in [0.29, 0.717) is 18.9 Å². The van der Waals surface area contributed by atoms with Crippen LogP contribution in [-0.2, 0) is 9.59 Å². The standard InChI is InChI=1S/C31H33N5O2S2/c1-3-33-14-16-34(17-15-33)26(37)20-35-27(38)21-40-30(25-13-8-18-39-25)28-29(23-10-5-4-6-11-23)32-36(31(28)35)24-12-7-9-22(2)19-24/h4-13,18-19,30H,3,14-17,20-21H2,1-2H3. The molecule has 0 bridgehead atoms. The second-order valence-electron chi connectivity index (χ2n) is 10.2. The van der Waals surface area contributed by atoms with Gasteiger partial charge in [-0.3, -0.25) is 14.5 Å². The molecule has 4 heterocycles. The number of fused-ring (bicyclic) bond motifs is 1. The molecule has 206 valence electrons. The minimum atomic E-state index is -0.0825. The lowest BCUT2D eigenvalue weighted by molar-refractivity contribution is -0.132. The van der Waals surface area contributed by atoms with Crippen molar-refractivity contribution in [1.29, 1.82) is 0 Å².